The molecule has 3 heterocycles. The SMILES string of the molecule is N#Cc1ccccc1S(=O)(=O)N1CCC(C(=O)N2CCC[C@@H]2c2cccs2)CC1. The van der Waals surface area contributed by atoms with Crippen molar-refractivity contribution in [2.24, 2.45) is 5.92 Å². The van der Waals surface area contributed by atoms with Gasteiger partial charge in [-0.1, -0.05) is 18.2 Å². The van der Waals surface area contributed by atoms with Crippen LogP contribution in [0, 0.1) is 17.2 Å². The quantitative estimate of drug-likeness (QED) is 0.746. The van der Waals surface area contributed by atoms with E-state index in [-0.39, 0.29) is 28.3 Å². The highest BCUT2D eigenvalue weighted by atomic mass is 32.2. The van der Waals surface area contributed by atoms with Crippen LogP contribution >= 0.6 is 11.3 Å². The molecule has 2 saturated heterocycles. The van der Waals surface area contributed by atoms with E-state index in [1.54, 1.807) is 23.5 Å². The number of nitrogens with zero attached hydrogens (tertiary/aromatic N) is 3. The van der Waals surface area contributed by atoms with Gasteiger partial charge in [0, 0.05) is 30.4 Å². The minimum absolute atomic E-state index is 0.0459. The van der Waals surface area contributed by atoms with Crippen LogP contribution in [0.2, 0.25) is 0 Å². The number of carbonyl (C=O) groups is 1. The second kappa shape index (κ2) is 8.27. The fourth-order valence-corrected chi connectivity index (χ4v) is 6.79. The number of nitriles is 1. The predicted octanol–water partition coefficient (Wildman–Crippen LogP) is 3.38. The second-order valence-electron chi connectivity index (χ2n) is 7.49. The third-order valence-electron chi connectivity index (χ3n) is 5.84. The lowest BCUT2D eigenvalue weighted by Gasteiger charge is -2.34. The lowest BCUT2D eigenvalue weighted by molar-refractivity contribution is -0.137. The molecule has 152 valence electrons. The van der Waals surface area contributed by atoms with Crippen molar-refractivity contribution in [2.45, 2.75) is 36.6 Å². The normalized spacial score (nSPS) is 21.2. The van der Waals surface area contributed by atoms with Gasteiger partial charge in [-0.2, -0.15) is 9.57 Å². The molecule has 0 N–H and O–H groups in total. The highest BCUT2D eigenvalue weighted by Crippen LogP contribution is 2.37. The first kappa shape index (κ1) is 20.1. The maximum absolute atomic E-state index is 13.2. The summed E-state index contributed by atoms with van der Waals surface area (Å²) in [5, 5.41) is 11.3. The van der Waals surface area contributed by atoms with Crippen LogP contribution in [0.5, 0.6) is 0 Å². The number of hydrogen-bond acceptors (Lipinski definition) is 5. The smallest absolute Gasteiger partial charge is 0.244 e. The van der Waals surface area contributed by atoms with Gasteiger partial charge in [0.2, 0.25) is 15.9 Å². The maximum atomic E-state index is 13.2. The molecule has 2 fully saturated rings. The first-order chi connectivity index (χ1) is 14.0. The van der Waals surface area contributed by atoms with Gasteiger partial charge in [-0.15, -0.1) is 11.3 Å². The predicted molar refractivity (Wildman–Crippen MR) is 111 cm³/mol. The van der Waals surface area contributed by atoms with Gasteiger partial charge in [-0.05, 0) is 49.3 Å². The van der Waals surface area contributed by atoms with Gasteiger partial charge in [0.1, 0.15) is 6.07 Å². The lowest BCUT2D eigenvalue weighted by Crippen LogP contribution is -2.44. The first-order valence-electron chi connectivity index (χ1n) is 9.85. The van der Waals surface area contributed by atoms with E-state index in [9.17, 15) is 18.5 Å². The highest BCUT2D eigenvalue weighted by molar-refractivity contribution is 7.89. The molecule has 2 aromatic rings. The van der Waals surface area contributed by atoms with Crippen LogP contribution in [0.3, 0.4) is 0 Å². The summed E-state index contributed by atoms with van der Waals surface area (Å²) in [5.74, 6) is 0.00333. The zero-order valence-corrected chi connectivity index (χ0v) is 17.7. The summed E-state index contributed by atoms with van der Waals surface area (Å²) in [5.41, 5.74) is 0.154. The molecule has 4 rings (SSSR count). The Morgan fingerprint density at radius 3 is 2.52 bits per heavy atom. The number of sulfonamides is 1. The van der Waals surface area contributed by atoms with Crippen molar-refractivity contribution in [3.05, 3.63) is 52.2 Å². The highest BCUT2D eigenvalue weighted by Gasteiger charge is 2.38. The number of hydrogen-bond donors (Lipinski definition) is 0. The number of piperidine rings is 1. The molecule has 0 aliphatic carbocycles. The van der Waals surface area contributed by atoms with E-state index in [1.165, 1.54) is 21.3 Å². The van der Waals surface area contributed by atoms with Crippen molar-refractivity contribution in [1.29, 1.82) is 5.26 Å². The van der Waals surface area contributed by atoms with Crippen molar-refractivity contribution in [1.82, 2.24) is 9.21 Å². The zero-order valence-electron chi connectivity index (χ0n) is 16.0. The average Bonchev–Trinajstić information content (AvgIpc) is 3.45. The molecule has 1 aromatic heterocycles. The van der Waals surface area contributed by atoms with E-state index in [4.69, 9.17) is 0 Å². The van der Waals surface area contributed by atoms with Crippen LogP contribution in [0.4, 0.5) is 0 Å². The largest absolute Gasteiger partial charge is 0.335 e. The Balaban J connectivity index is 1.44. The summed E-state index contributed by atoms with van der Waals surface area (Å²) >= 11 is 1.69. The Hall–Kier alpha value is -2.21. The summed E-state index contributed by atoms with van der Waals surface area (Å²) in [7, 11) is -3.73. The Kier molecular flexibility index (Phi) is 5.72. The fraction of sp³-hybridized carbons (Fsp3) is 0.429. The molecule has 0 saturated carbocycles. The third-order valence-corrected chi connectivity index (χ3v) is 8.77. The number of likely N-dealkylation sites (tertiary alicyclic amines) is 1. The first-order valence-corrected chi connectivity index (χ1v) is 12.2. The van der Waals surface area contributed by atoms with Crippen molar-refractivity contribution in [3.8, 4) is 6.07 Å². The van der Waals surface area contributed by atoms with Gasteiger partial charge < -0.3 is 4.90 Å². The molecule has 2 aliphatic rings. The molecular weight excluding hydrogens is 406 g/mol. The summed E-state index contributed by atoms with van der Waals surface area (Å²) in [6, 6.07) is 12.5. The number of carbonyl (C=O) groups excluding carboxylic acids is 1. The number of rotatable bonds is 4. The van der Waals surface area contributed by atoms with Gasteiger partial charge in [0.05, 0.1) is 16.5 Å². The van der Waals surface area contributed by atoms with Crippen molar-refractivity contribution < 1.29 is 13.2 Å². The Morgan fingerprint density at radius 1 is 1.07 bits per heavy atom. The standard InChI is InChI=1S/C21H23N3O3S2/c22-15-17-5-1-2-8-20(17)29(26,27)23-12-9-16(10-13-23)21(25)24-11-3-6-18(24)19-7-4-14-28-19/h1-2,4-5,7-8,14,16,18H,3,6,9-13H2/t18-/m1/s1. The molecule has 1 atom stereocenters. The molecule has 1 amide bonds. The number of thiophene rings is 1. The number of benzene rings is 1. The van der Waals surface area contributed by atoms with E-state index in [2.05, 4.69) is 6.07 Å². The van der Waals surface area contributed by atoms with Gasteiger partial charge >= 0.3 is 0 Å². The topological polar surface area (TPSA) is 81.5 Å². The van der Waals surface area contributed by atoms with Crippen molar-refractivity contribution >= 4 is 27.3 Å². The Morgan fingerprint density at radius 2 is 1.83 bits per heavy atom. The minimum atomic E-state index is -3.73. The van der Waals surface area contributed by atoms with Crippen LogP contribution < -0.4 is 0 Å². The molecule has 6 nitrogen and oxygen atoms in total. The molecule has 8 heteroatoms. The second-order valence-corrected chi connectivity index (χ2v) is 10.4. The molecule has 0 unspecified atom stereocenters. The molecule has 0 bridgehead atoms. The number of amides is 1. The molecule has 0 radical (unpaired) electrons. The zero-order chi connectivity index (χ0) is 20.4. The molecule has 29 heavy (non-hydrogen) atoms. The van der Waals surface area contributed by atoms with Gasteiger partial charge in [0.15, 0.2) is 0 Å². The van der Waals surface area contributed by atoms with Gasteiger partial charge in [0.25, 0.3) is 0 Å². The summed E-state index contributed by atoms with van der Waals surface area (Å²) in [6.45, 7) is 1.38. The van der Waals surface area contributed by atoms with Crippen molar-refractivity contribution in [3.63, 3.8) is 0 Å². The monoisotopic (exact) mass is 429 g/mol. The summed E-state index contributed by atoms with van der Waals surface area (Å²) in [4.78, 5) is 16.4. The van der Waals surface area contributed by atoms with Gasteiger partial charge in [-0.3, -0.25) is 4.79 Å². The molecule has 0 spiro atoms. The van der Waals surface area contributed by atoms with Crippen LogP contribution in [0.15, 0.2) is 46.7 Å². The summed E-state index contributed by atoms with van der Waals surface area (Å²) in [6.07, 6.45) is 3.03. The van der Waals surface area contributed by atoms with E-state index >= 15 is 0 Å². The van der Waals surface area contributed by atoms with E-state index < -0.39 is 10.0 Å². The summed E-state index contributed by atoms with van der Waals surface area (Å²) < 4.78 is 27.4. The Bertz CT molecular complexity index is 1020. The minimum Gasteiger partial charge on any atom is -0.335 e. The Labute approximate surface area is 175 Å². The molecule has 2 aliphatic heterocycles. The van der Waals surface area contributed by atoms with Crippen molar-refractivity contribution in [2.75, 3.05) is 19.6 Å². The molecule has 1 aromatic carbocycles. The fourth-order valence-electron chi connectivity index (χ4n) is 4.31. The van der Waals surface area contributed by atoms with E-state index in [1.807, 2.05) is 22.4 Å². The van der Waals surface area contributed by atoms with E-state index in [0.29, 0.717) is 25.9 Å². The third kappa shape index (κ3) is 3.82. The van der Waals surface area contributed by atoms with E-state index in [0.717, 1.165) is 19.4 Å². The van der Waals surface area contributed by atoms with Crippen LogP contribution in [0.25, 0.3) is 0 Å². The van der Waals surface area contributed by atoms with Crippen LogP contribution in [-0.4, -0.2) is 43.2 Å². The van der Waals surface area contributed by atoms with Crippen LogP contribution in [-0.2, 0) is 14.8 Å². The average molecular weight is 430 g/mol. The molecular formula is C21H23N3O3S2. The maximum Gasteiger partial charge on any atom is 0.244 e. The van der Waals surface area contributed by atoms with Gasteiger partial charge in [-0.25, -0.2) is 8.42 Å². The van der Waals surface area contributed by atoms with Crippen LogP contribution in [0.1, 0.15) is 42.2 Å². The lowest BCUT2D eigenvalue weighted by atomic mass is 9.96.